The second-order valence-corrected chi connectivity index (χ2v) is 11.2. The summed E-state index contributed by atoms with van der Waals surface area (Å²) in [5, 5.41) is 12.4. The number of hydrogen-bond acceptors (Lipinski definition) is 11. The molecule has 1 aromatic rings. The van der Waals surface area contributed by atoms with Gasteiger partial charge >= 0.3 is 11.9 Å². The van der Waals surface area contributed by atoms with Gasteiger partial charge in [-0.3, -0.25) is 4.79 Å². The second-order valence-electron chi connectivity index (χ2n) is 11.2. The molecule has 230 valence electrons. The van der Waals surface area contributed by atoms with Crippen molar-refractivity contribution in [2.24, 2.45) is 5.92 Å². The Kier molecular flexibility index (Phi) is 7.58. The number of rotatable bonds is 6. The maximum atomic E-state index is 13.5. The minimum Gasteiger partial charge on any atom is -0.496 e. The number of carbonyl (C=O) groups is 3. The molecule has 0 amide bonds. The van der Waals surface area contributed by atoms with E-state index in [2.05, 4.69) is 0 Å². The third-order valence-corrected chi connectivity index (χ3v) is 8.98. The van der Waals surface area contributed by atoms with E-state index in [1.807, 2.05) is 0 Å². The van der Waals surface area contributed by atoms with E-state index in [0.29, 0.717) is 39.5 Å². The molecule has 5 rings (SSSR count). The van der Waals surface area contributed by atoms with Crippen LogP contribution in [-0.2, 0) is 38.7 Å². The average Bonchev–Trinajstić information content (AvgIpc) is 3.62. The number of carbonyl (C=O) groups excluding carboxylic acids is 3. The molecular formula is C32H36O11. The summed E-state index contributed by atoms with van der Waals surface area (Å²) in [6.07, 6.45) is 1.98. The summed E-state index contributed by atoms with van der Waals surface area (Å²) in [6.45, 7) is 9.57. The Bertz CT molecular complexity index is 1530. The van der Waals surface area contributed by atoms with Crippen LogP contribution in [0.1, 0.15) is 58.8 Å². The SMILES string of the molecule is CC=C(C)C(=O)OC1c2cc3c(c4c2C2(CO4)C(=CC(=O)C(OC)=C2OC)C(OC(=O)C(C)=CC)C(C)(O)C1C)OCO3. The zero-order valence-corrected chi connectivity index (χ0v) is 25.5. The van der Waals surface area contributed by atoms with E-state index in [9.17, 15) is 19.5 Å². The average molecular weight is 597 g/mol. The van der Waals surface area contributed by atoms with E-state index in [1.165, 1.54) is 27.2 Å². The van der Waals surface area contributed by atoms with E-state index in [1.54, 1.807) is 52.8 Å². The summed E-state index contributed by atoms with van der Waals surface area (Å²) in [6, 6.07) is 1.69. The molecule has 0 aromatic heterocycles. The molecule has 5 unspecified atom stereocenters. The summed E-state index contributed by atoms with van der Waals surface area (Å²) in [5.41, 5.74) is -1.59. The van der Waals surface area contributed by atoms with Crippen LogP contribution < -0.4 is 14.2 Å². The van der Waals surface area contributed by atoms with Crippen molar-refractivity contribution in [3.8, 4) is 17.2 Å². The van der Waals surface area contributed by atoms with Crippen LogP contribution in [-0.4, -0.2) is 62.2 Å². The van der Waals surface area contributed by atoms with Gasteiger partial charge in [0, 0.05) is 28.2 Å². The van der Waals surface area contributed by atoms with Gasteiger partial charge in [0.05, 0.1) is 14.2 Å². The van der Waals surface area contributed by atoms with Crippen molar-refractivity contribution in [1.29, 1.82) is 0 Å². The molecule has 0 bridgehead atoms. The lowest BCUT2D eigenvalue weighted by atomic mass is 9.60. The summed E-state index contributed by atoms with van der Waals surface area (Å²) in [7, 11) is 2.74. The number of aliphatic hydroxyl groups is 1. The Balaban J connectivity index is 1.91. The zero-order chi connectivity index (χ0) is 31.4. The van der Waals surface area contributed by atoms with E-state index in [-0.39, 0.29) is 30.5 Å². The standard InChI is InChI=1S/C32H36O11/c1-9-15(3)29(34)42-23-17(5)31(6,36)27(43-30(35)16(4)10-2)19-12-20(33)24(37-7)28(38-8)32(19)13-39-26-22(32)18(23)11-21-25(26)41-14-40-21/h9-12,17,23,27,36H,13-14H2,1-8H3. The Labute approximate surface area is 249 Å². The van der Waals surface area contributed by atoms with Gasteiger partial charge in [0.15, 0.2) is 23.4 Å². The fourth-order valence-corrected chi connectivity index (χ4v) is 6.14. The quantitative estimate of drug-likeness (QED) is 0.378. The van der Waals surface area contributed by atoms with Crippen LogP contribution in [0.15, 0.2) is 52.5 Å². The number of allylic oxidation sites excluding steroid dienone is 3. The van der Waals surface area contributed by atoms with Crippen molar-refractivity contribution in [3.63, 3.8) is 0 Å². The van der Waals surface area contributed by atoms with Gasteiger partial charge in [0.1, 0.15) is 23.7 Å². The lowest BCUT2D eigenvalue weighted by molar-refractivity contribution is -0.176. The topological polar surface area (TPSA) is 136 Å². The maximum absolute atomic E-state index is 13.5. The van der Waals surface area contributed by atoms with Crippen LogP contribution in [0.2, 0.25) is 0 Å². The van der Waals surface area contributed by atoms with Crippen molar-refractivity contribution in [2.45, 2.75) is 64.8 Å². The number of methoxy groups -OCH3 is 2. The molecule has 1 N–H and O–H groups in total. The van der Waals surface area contributed by atoms with Gasteiger partial charge in [0.25, 0.3) is 0 Å². The first-order chi connectivity index (χ1) is 20.4. The molecule has 1 aromatic carbocycles. The first-order valence-electron chi connectivity index (χ1n) is 14.0. The normalized spacial score (nSPS) is 29.5. The number of ketones is 1. The first kappa shape index (κ1) is 30.2. The highest BCUT2D eigenvalue weighted by molar-refractivity contribution is 6.06. The molecule has 11 heteroatoms. The van der Waals surface area contributed by atoms with Crippen LogP contribution in [0, 0.1) is 5.92 Å². The largest absolute Gasteiger partial charge is 0.496 e. The number of ether oxygens (including phenoxy) is 7. The van der Waals surface area contributed by atoms with Crippen LogP contribution >= 0.6 is 0 Å². The van der Waals surface area contributed by atoms with Gasteiger partial charge in [-0.2, -0.15) is 0 Å². The summed E-state index contributed by atoms with van der Waals surface area (Å²) in [4.78, 5) is 40.1. The molecule has 2 aliphatic heterocycles. The Hall–Kier alpha value is -4.25. The van der Waals surface area contributed by atoms with Crippen LogP contribution in [0.3, 0.4) is 0 Å². The smallest absolute Gasteiger partial charge is 0.334 e. The predicted molar refractivity (Wildman–Crippen MR) is 151 cm³/mol. The lowest BCUT2D eigenvalue weighted by Crippen LogP contribution is -2.57. The highest BCUT2D eigenvalue weighted by Crippen LogP contribution is 2.63. The van der Waals surface area contributed by atoms with Crippen molar-refractivity contribution in [1.82, 2.24) is 0 Å². The van der Waals surface area contributed by atoms with Gasteiger partial charge in [-0.15, -0.1) is 0 Å². The zero-order valence-electron chi connectivity index (χ0n) is 25.5. The molecule has 5 atom stereocenters. The lowest BCUT2D eigenvalue weighted by Gasteiger charge is -2.49. The summed E-state index contributed by atoms with van der Waals surface area (Å²) < 4.78 is 41.5. The highest BCUT2D eigenvalue weighted by Gasteiger charge is 2.64. The van der Waals surface area contributed by atoms with Crippen LogP contribution in [0.5, 0.6) is 17.2 Å². The number of benzene rings is 1. The number of fused-ring (bicyclic) bond motifs is 2. The Morgan fingerprint density at radius 3 is 2.26 bits per heavy atom. The predicted octanol–water partition coefficient (Wildman–Crippen LogP) is 3.89. The van der Waals surface area contributed by atoms with Gasteiger partial charge in [-0.1, -0.05) is 19.1 Å². The number of esters is 2. The number of hydrogen-bond donors (Lipinski definition) is 1. The summed E-state index contributed by atoms with van der Waals surface area (Å²) >= 11 is 0. The molecule has 1 spiro atoms. The van der Waals surface area contributed by atoms with Gasteiger partial charge in [-0.25, -0.2) is 9.59 Å². The van der Waals surface area contributed by atoms with E-state index < -0.39 is 46.9 Å². The van der Waals surface area contributed by atoms with E-state index in [0.717, 1.165) is 0 Å². The Morgan fingerprint density at radius 1 is 1.00 bits per heavy atom. The molecular weight excluding hydrogens is 560 g/mol. The van der Waals surface area contributed by atoms with Crippen LogP contribution in [0.25, 0.3) is 0 Å². The Morgan fingerprint density at radius 2 is 1.65 bits per heavy atom. The molecule has 0 saturated heterocycles. The van der Waals surface area contributed by atoms with E-state index in [4.69, 9.17) is 33.2 Å². The molecule has 43 heavy (non-hydrogen) atoms. The van der Waals surface area contributed by atoms with Crippen molar-refractivity contribution < 1.29 is 52.6 Å². The second kappa shape index (κ2) is 10.8. The fourth-order valence-electron chi connectivity index (χ4n) is 6.14. The molecule has 0 fully saturated rings. The molecule has 0 saturated carbocycles. The van der Waals surface area contributed by atoms with E-state index >= 15 is 0 Å². The molecule has 2 heterocycles. The monoisotopic (exact) mass is 596 g/mol. The first-order valence-corrected chi connectivity index (χ1v) is 14.0. The molecule has 0 radical (unpaired) electrons. The third-order valence-electron chi connectivity index (χ3n) is 8.98. The van der Waals surface area contributed by atoms with Crippen molar-refractivity contribution in [3.05, 3.63) is 63.7 Å². The van der Waals surface area contributed by atoms with Gasteiger partial charge < -0.3 is 38.3 Å². The summed E-state index contributed by atoms with van der Waals surface area (Å²) in [5.74, 6) is -1.78. The minimum absolute atomic E-state index is 0.0721. The van der Waals surface area contributed by atoms with Crippen LogP contribution in [0.4, 0.5) is 0 Å². The molecule has 2 aliphatic carbocycles. The third kappa shape index (κ3) is 4.31. The van der Waals surface area contributed by atoms with Gasteiger partial charge in [-0.05, 0) is 52.3 Å². The maximum Gasteiger partial charge on any atom is 0.334 e. The van der Waals surface area contributed by atoms with Crippen molar-refractivity contribution >= 4 is 17.7 Å². The minimum atomic E-state index is -1.90. The molecule has 4 aliphatic rings. The molecule has 11 nitrogen and oxygen atoms in total. The van der Waals surface area contributed by atoms with Crippen molar-refractivity contribution in [2.75, 3.05) is 27.6 Å². The van der Waals surface area contributed by atoms with Gasteiger partial charge in [0.2, 0.25) is 24.1 Å². The highest BCUT2D eigenvalue weighted by atomic mass is 16.7. The fraction of sp³-hybridized carbons (Fsp3) is 0.469.